The van der Waals surface area contributed by atoms with Crippen molar-refractivity contribution in [3.05, 3.63) is 117 Å². The molecule has 0 bridgehead atoms. The molecule has 0 saturated heterocycles. The number of ether oxygens (including phenoxy) is 1. The minimum absolute atomic E-state index is 0. The third-order valence-corrected chi connectivity index (χ3v) is 6.94. The third-order valence-electron chi connectivity index (χ3n) is 6.94. The van der Waals surface area contributed by atoms with Gasteiger partial charge < -0.3 is 4.74 Å². The fourth-order valence-corrected chi connectivity index (χ4v) is 5.05. The topological polar surface area (TPSA) is 120 Å². The Hall–Kier alpha value is -3.68. The molecule has 0 aliphatic rings. The fraction of sp³-hybridized carbons (Fsp3) is 0.167. The van der Waals surface area contributed by atoms with Gasteiger partial charge in [-0.25, -0.2) is 18.3 Å². The molecule has 3 aromatic heterocycles. The summed E-state index contributed by atoms with van der Waals surface area (Å²) in [5.74, 6) is -0.474. The first-order chi connectivity index (χ1) is 20.0. The number of hydrogen-bond acceptors (Lipinski definition) is 7. The van der Waals surface area contributed by atoms with E-state index < -0.39 is 11.6 Å². The molecular weight excluding hydrogens is 566 g/mol. The van der Waals surface area contributed by atoms with Crippen molar-refractivity contribution in [2.24, 2.45) is 0 Å². The first kappa shape index (κ1) is 29.8. The quantitative estimate of drug-likeness (QED) is 0.266. The van der Waals surface area contributed by atoms with E-state index in [9.17, 15) is 14.0 Å². The number of hydrogen-bond donors (Lipinski definition) is 1. The maximum atomic E-state index is 14.6. The number of rotatable bonds is 8. The van der Waals surface area contributed by atoms with E-state index in [2.05, 4.69) is 20.2 Å². The number of methoxy groups -OCH3 is 1. The second kappa shape index (κ2) is 12.7. The normalized spacial score (nSPS) is 11.0. The van der Waals surface area contributed by atoms with Crippen LogP contribution >= 0.6 is 0 Å². The van der Waals surface area contributed by atoms with E-state index in [1.807, 2.05) is 55.5 Å². The van der Waals surface area contributed by atoms with Crippen LogP contribution in [0.3, 0.4) is 0 Å². The number of H-pyrrole nitrogens is 1. The summed E-state index contributed by atoms with van der Waals surface area (Å²) in [7, 11) is 1.39. The monoisotopic (exact) mass is 592 g/mol. The molecule has 3 aromatic carbocycles. The van der Waals surface area contributed by atoms with Crippen molar-refractivity contribution in [2.45, 2.75) is 26.2 Å². The third kappa shape index (κ3) is 5.55. The molecule has 0 saturated carbocycles. The summed E-state index contributed by atoms with van der Waals surface area (Å²) in [4.78, 5) is 32.5. The first-order valence-corrected chi connectivity index (χ1v) is 13.0. The zero-order valence-electron chi connectivity index (χ0n) is 22.3. The van der Waals surface area contributed by atoms with Crippen molar-refractivity contribution in [1.29, 1.82) is 0 Å². The summed E-state index contributed by atoms with van der Waals surface area (Å²) in [6.07, 6.45) is 3.13. The number of aromatic nitrogens is 6. The van der Waals surface area contributed by atoms with Gasteiger partial charge in [-0.1, -0.05) is 67.0 Å². The van der Waals surface area contributed by atoms with Crippen LogP contribution < -0.4 is 16.1 Å². The van der Waals surface area contributed by atoms with Crippen LogP contribution in [0, 0.1) is 5.82 Å². The molecule has 0 spiro atoms. The molecule has 0 aliphatic carbocycles. The van der Waals surface area contributed by atoms with Gasteiger partial charge in [0.15, 0.2) is 17.4 Å². The van der Waals surface area contributed by atoms with Crippen LogP contribution in [0.1, 0.15) is 30.2 Å². The number of aryl methyl sites for hydroxylation is 1. The van der Waals surface area contributed by atoms with Crippen molar-refractivity contribution in [3.8, 4) is 34.0 Å². The molecule has 12 heteroatoms. The van der Waals surface area contributed by atoms with Crippen LogP contribution in [0.2, 0.25) is 0 Å². The summed E-state index contributed by atoms with van der Waals surface area (Å²) in [5, 5.41) is 8.23. The number of fused-ring (bicyclic) bond motifs is 1. The van der Waals surface area contributed by atoms with Gasteiger partial charge in [0.2, 0.25) is 5.78 Å². The number of benzene rings is 3. The molecule has 0 amide bonds. The molecule has 3 heterocycles. The number of halogens is 1. The molecule has 0 aliphatic heterocycles. The van der Waals surface area contributed by atoms with Gasteiger partial charge in [0.1, 0.15) is 6.33 Å². The van der Waals surface area contributed by atoms with Crippen molar-refractivity contribution in [1.82, 2.24) is 29.3 Å². The predicted molar refractivity (Wildman–Crippen MR) is 157 cm³/mol. The molecule has 0 unspecified atom stereocenters. The zero-order chi connectivity index (χ0) is 28.5. The van der Waals surface area contributed by atoms with Gasteiger partial charge in [0, 0.05) is 23.6 Å². The molecule has 10 nitrogen and oxygen atoms in total. The van der Waals surface area contributed by atoms with Crippen LogP contribution in [-0.2, 0) is 12.8 Å². The fourth-order valence-electron chi connectivity index (χ4n) is 5.05. The second-order valence-electron chi connectivity index (χ2n) is 9.47. The van der Waals surface area contributed by atoms with E-state index >= 15 is 0 Å². The van der Waals surface area contributed by atoms with E-state index in [0.717, 1.165) is 34.4 Å². The minimum atomic E-state index is -0.625. The van der Waals surface area contributed by atoms with Crippen LogP contribution in [0.15, 0.2) is 87.2 Å². The van der Waals surface area contributed by atoms with E-state index in [0.29, 0.717) is 35.7 Å². The Morgan fingerprint density at radius 2 is 1.79 bits per heavy atom. The Morgan fingerprint density at radius 1 is 1.02 bits per heavy atom. The van der Waals surface area contributed by atoms with Gasteiger partial charge in [-0.2, -0.15) is 10.1 Å². The van der Waals surface area contributed by atoms with Gasteiger partial charge in [-0.3, -0.25) is 14.3 Å². The first-order valence-electron chi connectivity index (χ1n) is 13.0. The summed E-state index contributed by atoms with van der Waals surface area (Å²) in [6.45, 7) is 2.03. The molecule has 42 heavy (non-hydrogen) atoms. The Morgan fingerprint density at radius 3 is 2.45 bits per heavy atom. The summed E-state index contributed by atoms with van der Waals surface area (Å²) in [6, 6.07) is 19.7. The van der Waals surface area contributed by atoms with Crippen molar-refractivity contribution >= 4 is 57.2 Å². The molecule has 6 rings (SSSR count). The van der Waals surface area contributed by atoms with E-state index in [1.54, 1.807) is 10.6 Å². The van der Waals surface area contributed by atoms with Gasteiger partial charge in [-0.15, -0.1) is 0 Å². The summed E-state index contributed by atoms with van der Waals surface area (Å²) < 4.78 is 27.4. The summed E-state index contributed by atoms with van der Waals surface area (Å²) in [5.41, 5.74) is 4.75. The SMILES string of the molecule is CCCc1c(Cc2ccc(-c3ccccc3-c3noc(=O)[nH]3)cc2)c(=O)n(-c2ccc(OC)c(F)c2)c2ncnn12.[KH]. The van der Waals surface area contributed by atoms with Crippen molar-refractivity contribution < 1.29 is 13.7 Å². The van der Waals surface area contributed by atoms with E-state index in [1.165, 1.54) is 30.1 Å². The Labute approximate surface area is 281 Å². The molecule has 0 atom stereocenters. The van der Waals surface area contributed by atoms with Crippen LogP contribution in [0.5, 0.6) is 5.75 Å². The standard InChI is InChI=1S/C30H25FN6O4.K.H/c1-3-6-25-23(28(38)36(29-32-17-33-37(25)29)20-13-14-26(40-2)24(31)16-20)15-18-9-11-19(12-10-18)21-7-4-5-8-22(21)27-34-30(39)41-35-27;;/h4-5,7-14,16-17H,3,6,15H2,1-2H3,(H,34,35,39);;. The van der Waals surface area contributed by atoms with Gasteiger partial charge in [0.25, 0.3) is 5.56 Å². The molecule has 208 valence electrons. The second-order valence-corrected chi connectivity index (χ2v) is 9.47. The number of nitrogens with one attached hydrogen (secondary N) is 1. The van der Waals surface area contributed by atoms with Gasteiger partial charge >= 0.3 is 57.1 Å². The molecule has 0 fully saturated rings. The Bertz CT molecular complexity index is 1990. The van der Waals surface area contributed by atoms with Crippen LogP contribution in [-0.4, -0.2) is 87.8 Å². The molecule has 0 radical (unpaired) electrons. The Kier molecular flexibility index (Phi) is 8.99. The average molecular weight is 593 g/mol. The van der Waals surface area contributed by atoms with Gasteiger partial charge in [-0.05, 0) is 35.2 Å². The molecular formula is C30H26FKN6O4. The van der Waals surface area contributed by atoms with Crippen LogP contribution in [0.4, 0.5) is 4.39 Å². The predicted octanol–water partition coefficient (Wildman–Crippen LogP) is 3.93. The van der Waals surface area contributed by atoms with E-state index in [-0.39, 0.29) is 62.7 Å². The van der Waals surface area contributed by atoms with Crippen molar-refractivity contribution in [3.63, 3.8) is 0 Å². The van der Waals surface area contributed by atoms with Crippen molar-refractivity contribution in [2.75, 3.05) is 7.11 Å². The summed E-state index contributed by atoms with van der Waals surface area (Å²) >= 11 is 0. The number of nitrogens with zero attached hydrogens (tertiary/aromatic N) is 5. The van der Waals surface area contributed by atoms with Gasteiger partial charge in [0.05, 0.1) is 18.5 Å². The average Bonchev–Trinajstić information content (AvgIpc) is 3.65. The Balaban J connectivity index is 0.00000353. The zero-order valence-corrected chi connectivity index (χ0v) is 22.3. The maximum absolute atomic E-state index is 14.6. The molecule has 6 aromatic rings. The number of aromatic amines is 1. The van der Waals surface area contributed by atoms with Crippen LogP contribution in [0.25, 0.3) is 34.0 Å². The van der Waals surface area contributed by atoms with E-state index in [4.69, 9.17) is 9.26 Å². The molecule has 1 N–H and O–H groups in total.